The molecule has 0 radical (unpaired) electrons. The van der Waals surface area contributed by atoms with E-state index in [1.165, 1.54) is 13.4 Å². The van der Waals surface area contributed by atoms with E-state index in [1.54, 1.807) is 0 Å². The van der Waals surface area contributed by atoms with Crippen LogP contribution in [0.5, 0.6) is 0 Å². The Morgan fingerprint density at radius 3 is 2.95 bits per heavy atom. The molecule has 0 saturated carbocycles. The van der Waals surface area contributed by atoms with Crippen molar-refractivity contribution >= 4 is 5.97 Å². The molecule has 0 aliphatic heterocycles. The normalized spacial score (nSPS) is 12.2. The second-order valence-corrected chi connectivity index (χ2v) is 3.96. The van der Waals surface area contributed by atoms with Gasteiger partial charge in [-0.05, 0) is 18.2 Å². The van der Waals surface area contributed by atoms with Gasteiger partial charge in [-0.1, -0.05) is 0 Å². The molecule has 20 heavy (non-hydrogen) atoms. The van der Waals surface area contributed by atoms with Gasteiger partial charge in [0.05, 0.1) is 13.7 Å². The van der Waals surface area contributed by atoms with Gasteiger partial charge >= 0.3 is 5.97 Å². The molecule has 2 rings (SSSR count). The Balaban J connectivity index is 2.15. The Morgan fingerprint density at radius 2 is 2.25 bits per heavy atom. The van der Waals surface area contributed by atoms with Crippen LogP contribution in [0.2, 0.25) is 0 Å². The first-order valence-electron chi connectivity index (χ1n) is 5.62. The predicted molar refractivity (Wildman–Crippen MR) is 62.7 cm³/mol. The average Bonchev–Trinajstić information content (AvgIpc) is 2.89. The van der Waals surface area contributed by atoms with Crippen molar-refractivity contribution in [3.63, 3.8) is 0 Å². The summed E-state index contributed by atoms with van der Waals surface area (Å²) in [5, 5.41) is 13.6. The number of hydrogen-bond acceptors (Lipinski definition) is 5. The van der Waals surface area contributed by atoms with E-state index in [1.807, 2.05) is 0 Å². The molecule has 8 heteroatoms. The number of rotatable bonds is 4. The lowest BCUT2D eigenvalue weighted by atomic mass is 10.1. The molecule has 0 aliphatic rings. The van der Waals surface area contributed by atoms with Gasteiger partial charge in [0.1, 0.15) is 24.1 Å². The van der Waals surface area contributed by atoms with Gasteiger partial charge in [-0.25, -0.2) is 23.2 Å². The first-order chi connectivity index (χ1) is 9.51. The molecule has 0 aliphatic carbocycles. The number of nitrogens with zero attached hydrogens (tertiary/aromatic N) is 3. The summed E-state index contributed by atoms with van der Waals surface area (Å²) in [4.78, 5) is 14.8. The van der Waals surface area contributed by atoms with Gasteiger partial charge in [0.15, 0.2) is 0 Å². The summed E-state index contributed by atoms with van der Waals surface area (Å²) in [6.45, 7) is -0.176. The molecule has 0 bridgehead atoms. The zero-order chi connectivity index (χ0) is 14.7. The Hall–Kier alpha value is -2.35. The molecule has 106 valence electrons. The summed E-state index contributed by atoms with van der Waals surface area (Å²) in [6.07, 6.45) is -0.134. The first-order valence-corrected chi connectivity index (χ1v) is 5.62. The standard InChI is InChI=1S/C12H11F2N3O3/c1-20-12(19)11-15-6-17(16-11)5-10(18)8-4-7(13)2-3-9(8)14/h2-4,6,10,18H,5H2,1H3. The third-order valence-corrected chi connectivity index (χ3v) is 2.58. The summed E-state index contributed by atoms with van der Waals surface area (Å²) in [5.74, 6) is -2.30. The van der Waals surface area contributed by atoms with E-state index in [4.69, 9.17) is 0 Å². The maximum Gasteiger partial charge on any atom is 0.377 e. The second-order valence-electron chi connectivity index (χ2n) is 3.96. The highest BCUT2D eigenvalue weighted by atomic mass is 19.1. The molecular weight excluding hydrogens is 272 g/mol. The van der Waals surface area contributed by atoms with Crippen LogP contribution in [0.1, 0.15) is 22.3 Å². The molecule has 0 spiro atoms. The van der Waals surface area contributed by atoms with E-state index in [0.717, 1.165) is 22.9 Å². The van der Waals surface area contributed by atoms with Crippen LogP contribution in [0.25, 0.3) is 0 Å². The number of ether oxygens (including phenoxy) is 1. The smallest absolute Gasteiger partial charge is 0.377 e. The summed E-state index contributed by atoms with van der Waals surface area (Å²) in [5.41, 5.74) is -0.194. The van der Waals surface area contributed by atoms with Gasteiger partial charge < -0.3 is 9.84 Å². The monoisotopic (exact) mass is 283 g/mol. The first kappa shape index (κ1) is 14.1. The molecule has 1 aromatic carbocycles. The van der Waals surface area contributed by atoms with E-state index in [2.05, 4.69) is 14.8 Å². The van der Waals surface area contributed by atoms with Crippen LogP contribution in [0.15, 0.2) is 24.5 Å². The van der Waals surface area contributed by atoms with Crippen molar-refractivity contribution in [3.8, 4) is 0 Å². The third kappa shape index (κ3) is 2.97. The number of aromatic nitrogens is 3. The molecular formula is C12H11F2N3O3. The quantitative estimate of drug-likeness (QED) is 0.849. The fourth-order valence-corrected chi connectivity index (χ4v) is 1.61. The molecule has 0 fully saturated rings. The van der Waals surface area contributed by atoms with Crippen molar-refractivity contribution in [3.05, 3.63) is 47.5 Å². The number of carbonyl (C=O) groups excluding carboxylic acids is 1. The van der Waals surface area contributed by atoms with Crippen molar-refractivity contribution in [2.24, 2.45) is 0 Å². The fourth-order valence-electron chi connectivity index (χ4n) is 1.61. The minimum absolute atomic E-state index is 0.176. The van der Waals surface area contributed by atoms with Gasteiger partial charge in [-0.3, -0.25) is 0 Å². The lowest BCUT2D eigenvalue weighted by molar-refractivity contribution is 0.0585. The maximum atomic E-state index is 13.5. The van der Waals surface area contributed by atoms with E-state index < -0.39 is 23.7 Å². The van der Waals surface area contributed by atoms with Crippen LogP contribution in [0.4, 0.5) is 8.78 Å². The zero-order valence-electron chi connectivity index (χ0n) is 10.5. The maximum absolute atomic E-state index is 13.5. The molecule has 6 nitrogen and oxygen atoms in total. The number of methoxy groups -OCH3 is 1. The van der Waals surface area contributed by atoms with Crippen LogP contribution in [0, 0.1) is 11.6 Å². The zero-order valence-corrected chi connectivity index (χ0v) is 10.5. The lowest BCUT2D eigenvalue weighted by Gasteiger charge is -2.11. The Bertz CT molecular complexity index is 630. The fraction of sp³-hybridized carbons (Fsp3) is 0.250. The summed E-state index contributed by atoms with van der Waals surface area (Å²) < 4.78 is 32.1. The van der Waals surface area contributed by atoms with Gasteiger partial charge in [0, 0.05) is 5.56 Å². The van der Waals surface area contributed by atoms with Crippen LogP contribution >= 0.6 is 0 Å². The SMILES string of the molecule is COC(=O)c1ncn(CC(O)c2cc(F)ccc2F)n1. The highest BCUT2D eigenvalue weighted by Gasteiger charge is 2.17. The van der Waals surface area contributed by atoms with Crippen molar-refractivity contribution in [2.75, 3.05) is 7.11 Å². The van der Waals surface area contributed by atoms with Crippen LogP contribution in [0.3, 0.4) is 0 Å². The van der Waals surface area contributed by atoms with Crippen molar-refractivity contribution in [2.45, 2.75) is 12.6 Å². The highest BCUT2D eigenvalue weighted by Crippen LogP contribution is 2.19. The lowest BCUT2D eigenvalue weighted by Crippen LogP contribution is -2.12. The summed E-state index contributed by atoms with van der Waals surface area (Å²) in [7, 11) is 1.18. The summed E-state index contributed by atoms with van der Waals surface area (Å²) in [6, 6.07) is 2.78. The Labute approximate surface area is 112 Å². The topological polar surface area (TPSA) is 77.2 Å². The van der Waals surface area contributed by atoms with Crippen molar-refractivity contribution in [1.82, 2.24) is 14.8 Å². The minimum Gasteiger partial charge on any atom is -0.463 e. The molecule has 0 amide bonds. The van der Waals surface area contributed by atoms with Crippen molar-refractivity contribution in [1.29, 1.82) is 0 Å². The largest absolute Gasteiger partial charge is 0.463 e. The van der Waals surface area contributed by atoms with Gasteiger partial charge in [-0.15, -0.1) is 5.10 Å². The van der Waals surface area contributed by atoms with Crippen LogP contribution in [-0.4, -0.2) is 33.0 Å². The minimum atomic E-state index is -1.32. The average molecular weight is 283 g/mol. The molecule has 1 unspecified atom stereocenters. The number of halogens is 2. The van der Waals surface area contributed by atoms with Crippen molar-refractivity contribution < 1.29 is 23.4 Å². The number of aliphatic hydroxyl groups is 1. The van der Waals surface area contributed by atoms with Crippen LogP contribution < -0.4 is 0 Å². The van der Waals surface area contributed by atoms with E-state index in [-0.39, 0.29) is 17.9 Å². The second kappa shape index (κ2) is 5.74. The number of esters is 1. The number of benzene rings is 1. The Kier molecular flexibility index (Phi) is 4.04. The molecule has 1 N–H and O–H groups in total. The summed E-state index contributed by atoms with van der Waals surface area (Å²) >= 11 is 0. The number of carbonyl (C=O) groups is 1. The Morgan fingerprint density at radius 1 is 1.50 bits per heavy atom. The predicted octanol–water partition coefficient (Wildman–Crippen LogP) is 1.08. The van der Waals surface area contributed by atoms with E-state index in [9.17, 15) is 18.7 Å². The molecule has 1 aromatic heterocycles. The highest BCUT2D eigenvalue weighted by molar-refractivity contribution is 5.84. The number of hydrogen-bond donors (Lipinski definition) is 1. The molecule has 1 atom stereocenters. The molecule has 2 aromatic rings. The van der Waals surface area contributed by atoms with E-state index >= 15 is 0 Å². The van der Waals surface area contributed by atoms with E-state index in [0.29, 0.717) is 0 Å². The van der Waals surface area contributed by atoms with Gasteiger partial charge in [0.2, 0.25) is 0 Å². The number of aliphatic hydroxyl groups excluding tert-OH is 1. The van der Waals surface area contributed by atoms with Gasteiger partial charge in [0.25, 0.3) is 5.82 Å². The molecule has 0 saturated heterocycles. The molecule has 1 heterocycles. The van der Waals surface area contributed by atoms with Crippen LogP contribution in [-0.2, 0) is 11.3 Å². The third-order valence-electron chi connectivity index (χ3n) is 2.58. The van der Waals surface area contributed by atoms with Gasteiger partial charge in [-0.2, -0.15) is 0 Å².